The van der Waals surface area contributed by atoms with Gasteiger partial charge in [-0.05, 0) is 56.5 Å². The van der Waals surface area contributed by atoms with E-state index in [4.69, 9.17) is 14.2 Å². The number of ether oxygens (including phenoxy) is 3. The first-order chi connectivity index (χ1) is 40.3. The molecule has 0 aliphatic rings. The molecule has 0 amide bonds. The molecule has 0 aliphatic heterocycles. The number of aryl methyl sites for hydroxylation is 5. The highest BCUT2D eigenvalue weighted by atomic mass is 32.1. The van der Waals surface area contributed by atoms with Gasteiger partial charge < -0.3 is 14.2 Å². The lowest BCUT2D eigenvalue weighted by Gasteiger charge is -2.12. The average Bonchev–Trinajstić information content (AvgIpc) is 4.54. The monoisotopic (exact) mass is 1130 g/mol. The summed E-state index contributed by atoms with van der Waals surface area (Å²) in [5.41, 5.74) is 7.73. The van der Waals surface area contributed by atoms with E-state index >= 15 is 0 Å². The van der Waals surface area contributed by atoms with Crippen molar-refractivity contribution >= 4 is 28.7 Å². The van der Waals surface area contributed by atoms with Gasteiger partial charge in [-0.3, -0.25) is 29.7 Å². The van der Waals surface area contributed by atoms with E-state index in [0.29, 0.717) is 57.6 Å². The second kappa shape index (κ2) is 24.0. The number of thiazole rings is 1. The van der Waals surface area contributed by atoms with Gasteiger partial charge in [0.15, 0.2) is 29.0 Å². The largest absolute Gasteiger partial charge is 0.487 e. The Morgan fingerprint density at radius 2 is 1.00 bits per heavy atom. The van der Waals surface area contributed by atoms with Crippen molar-refractivity contribution in [2.75, 3.05) is 0 Å². The predicted octanol–water partition coefficient (Wildman–Crippen LogP) is 9.47. The number of benzene rings is 5. The van der Waals surface area contributed by atoms with Crippen LogP contribution in [0.4, 0.5) is 4.39 Å². The van der Waals surface area contributed by atoms with Crippen LogP contribution in [0.1, 0.15) is 45.8 Å². The van der Waals surface area contributed by atoms with Crippen molar-refractivity contribution in [3.05, 3.63) is 233 Å². The predicted molar refractivity (Wildman–Crippen MR) is 311 cm³/mol. The summed E-state index contributed by atoms with van der Waals surface area (Å²) in [7, 11) is 1.80. The van der Waals surface area contributed by atoms with Crippen molar-refractivity contribution in [2.45, 2.75) is 53.9 Å². The number of fused-ring (bicyclic) bond motifs is 3. The molecule has 0 unspecified atom stereocenters. The maximum atomic E-state index is 14.5. The molecule has 83 heavy (non-hydrogen) atoms. The Morgan fingerprint density at radius 1 is 0.518 bits per heavy atom. The van der Waals surface area contributed by atoms with Crippen molar-refractivity contribution in [3.8, 4) is 62.8 Å². The van der Waals surface area contributed by atoms with Crippen molar-refractivity contribution in [1.82, 2.24) is 73.5 Å². The molecule has 8 aromatic heterocycles. The molecule has 13 aromatic rings. The maximum Gasteiger partial charge on any atom is 0.274 e. The van der Waals surface area contributed by atoms with Crippen LogP contribution in [0.5, 0.6) is 17.4 Å². The molecule has 416 valence electrons. The van der Waals surface area contributed by atoms with Crippen LogP contribution >= 0.6 is 11.3 Å². The maximum absolute atomic E-state index is 14.5. The summed E-state index contributed by atoms with van der Waals surface area (Å²) >= 11 is 1.51. The number of H-pyrrole nitrogens is 3. The van der Waals surface area contributed by atoms with E-state index in [1.165, 1.54) is 49.1 Å². The summed E-state index contributed by atoms with van der Waals surface area (Å²) in [6.07, 6.45) is 0.881. The molecule has 0 spiro atoms. The van der Waals surface area contributed by atoms with Gasteiger partial charge in [-0.2, -0.15) is 33.6 Å². The highest BCUT2D eigenvalue weighted by Crippen LogP contribution is 2.28. The van der Waals surface area contributed by atoms with E-state index in [0.717, 1.165) is 56.4 Å². The van der Waals surface area contributed by atoms with E-state index in [9.17, 15) is 18.8 Å². The lowest BCUT2D eigenvalue weighted by Crippen LogP contribution is -2.16. The molecule has 23 heteroatoms. The van der Waals surface area contributed by atoms with Crippen molar-refractivity contribution < 1.29 is 18.6 Å². The van der Waals surface area contributed by atoms with Crippen LogP contribution in [0.15, 0.2) is 171 Å². The van der Waals surface area contributed by atoms with Gasteiger partial charge in [0, 0.05) is 58.9 Å². The molecule has 8 heterocycles. The van der Waals surface area contributed by atoms with Crippen LogP contribution in [0.2, 0.25) is 0 Å². The zero-order valence-corrected chi connectivity index (χ0v) is 46.3. The van der Waals surface area contributed by atoms with Gasteiger partial charge in [0.05, 0.1) is 33.5 Å². The Bertz CT molecular complexity index is 4610. The zero-order valence-electron chi connectivity index (χ0n) is 45.4. The fraction of sp³-hybridized carbons (Fsp3) is 0.150. The van der Waals surface area contributed by atoms with Crippen molar-refractivity contribution in [1.29, 1.82) is 0 Å². The molecular weight excluding hydrogens is 1080 g/mol. The SMILES string of the molecule is CCc1cccc(C)c1OCc1cc(=O)n2[nH]c(-c3ccccc3)nc2n1.Cc1cc(OCc2cc(=O)n3[nH]c(-c4ccccc4)nc3n2)n(C)n1.Cc1nc(-c2ccc(OCc3cc(=O)n4[nH]c(-c5ccccc5)nc4n3)c(F)c2)cs1. The number of aromatic amines is 3. The number of para-hydroxylation sites is 1. The first kappa shape index (κ1) is 54.3. The van der Waals surface area contributed by atoms with Crippen LogP contribution in [-0.2, 0) is 33.3 Å². The smallest absolute Gasteiger partial charge is 0.274 e. The fourth-order valence-electron chi connectivity index (χ4n) is 8.82. The Kier molecular flexibility index (Phi) is 15.7. The molecule has 0 saturated carbocycles. The quantitative estimate of drug-likeness (QED) is 0.0918. The number of halogens is 1. The Labute approximate surface area is 475 Å². The van der Waals surface area contributed by atoms with Crippen LogP contribution in [0.3, 0.4) is 0 Å². The highest BCUT2D eigenvalue weighted by molar-refractivity contribution is 7.09. The van der Waals surface area contributed by atoms with Crippen molar-refractivity contribution in [2.24, 2.45) is 7.05 Å². The van der Waals surface area contributed by atoms with Gasteiger partial charge in [0.2, 0.25) is 5.88 Å². The molecule has 13 rings (SSSR count). The van der Waals surface area contributed by atoms with Crippen LogP contribution in [0.25, 0.3) is 62.8 Å². The summed E-state index contributed by atoms with van der Waals surface area (Å²) in [5, 5.41) is 15.9. The summed E-state index contributed by atoms with van der Waals surface area (Å²) in [5.74, 6) is 3.63. The molecule has 0 saturated heterocycles. The minimum absolute atomic E-state index is 0.0641. The highest BCUT2D eigenvalue weighted by Gasteiger charge is 2.16. The minimum Gasteiger partial charge on any atom is -0.487 e. The van der Waals surface area contributed by atoms with Gasteiger partial charge in [0.1, 0.15) is 25.6 Å². The van der Waals surface area contributed by atoms with Gasteiger partial charge >= 0.3 is 0 Å². The van der Waals surface area contributed by atoms with E-state index in [1.807, 2.05) is 141 Å². The molecule has 0 bridgehead atoms. The molecule has 0 atom stereocenters. The first-order valence-electron chi connectivity index (χ1n) is 26.1. The molecule has 0 fully saturated rings. The minimum atomic E-state index is -0.507. The van der Waals surface area contributed by atoms with Crippen LogP contribution in [-0.4, -0.2) is 73.5 Å². The number of nitrogens with zero attached hydrogens (tertiary/aromatic N) is 12. The normalized spacial score (nSPS) is 11.1. The van der Waals surface area contributed by atoms with Gasteiger partial charge in [-0.15, -0.1) is 11.3 Å². The third-order valence-corrected chi connectivity index (χ3v) is 13.7. The molecule has 0 aliphatic carbocycles. The van der Waals surface area contributed by atoms with E-state index < -0.39 is 5.82 Å². The fourth-order valence-corrected chi connectivity index (χ4v) is 9.44. The lowest BCUT2D eigenvalue weighted by molar-refractivity contribution is 0.274. The van der Waals surface area contributed by atoms with Gasteiger partial charge in [-0.1, -0.05) is 116 Å². The molecular formula is C60H52FN15O6S. The lowest BCUT2D eigenvalue weighted by atomic mass is 10.1. The Balaban J connectivity index is 0.000000131. The van der Waals surface area contributed by atoms with Crippen molar-refractivity contribution in [3.63, 3.8) is 0 Å². The summed E-state index contributed by atoms with van der Waals surface area (Å²) < 4.78 is 37.3. The summed E-state index contributed by atoms with van der Waals surface area (Å²) in [6, 6.07) is 45.5. The summed E-state index contributed by atoms with van der Waals surface area (Å²) in [6.45, 7) is 8.21. The number of hydrogen-bond donors (Lipinski definition) is 3. The molecule has 3 N–H and O–H groups in total. The number of aromatic nitrogens is 15. The topological polar surface area (TPSA) is 248 Å². The number of rotatable bonds is 14. The standard InChI is InChI=1S/C22H16FN5O2S.C21H20N4O2.C17H16N6O2/c1-13-24-18(12-31-13)15-7-8-19(17(23)9-15)30-11-16-10-20(29)28-22(25-16)26-21(27-28)14-5-3-2-4-6-14;1-3-15-11-7-8-14(2)19(15)27-13-17-12-18(26)25-21(22-17)23-20(24-25)16-9-5-4-6-10-16;1-11-8-15(22(2)20-11)25-10-13-9-14(24)23-17(18-13)19-16(21-23)12-6-4-3-5-7-12/h2-10,12H,11H2,1H3,(H,25,26,27);4-12H,3,13H2,1-2H3,(H,22,23,24);3-9H,10H2,1-2H3,(H,18,19,21). The zero-order chi connectivity index (χ0) is 57.6. The number of nitrogens with one attached hydrogen (secondary N) is 3. The third-order valence-electron chi connectivity index (χ3n) is 12.9. The molecule has 5 aromatic carbocycles. The van der Waals surface area contributed by atoms with E-state index in [2.05, 4.69) is 62.2 Å². The summed E-state index contributed by atoms with van der Waals surface area (Å²) in [4.78, 5) is 68.0. The van der Waals surface area contributed by atoms with E-state index in [1.54, 1.807) is 23.9 Å². The second-order valence-electron chi connectivity index (χ2n) is 18.9. The van der Waals surface area contributed by atoms with Crippen LogP contribution in [0, 0.1) is 26.6 Å². The second-order valence-corrected chi connectivity index (χ2v) is 20.0. The Hall–Kier alpha value is -10.7. The molecule has 0 radical (unpaired) electrons. The average molecular weight is 1130 g/mol. The Morgan fingerprint density at radius 3 is 1.43 bits per heavy atom. The van der Waals surface area contributed by atoms with Gasteiger partial charge in [-0.25, -0.2) is 29.0 Å². The number of hydrogen-bond acceptors (Lipinski definition) is 15. The van der Waals surface area contributed by atoms with Gasteiger partial charge in [0.25, 0.3) is 34.0 Å². The van der Waals surface area contributed by atoms with E-state index in [-0.39, 0.29) is 48.0 Å². The third kappa shape index (κ3) is 12.4. The molecule has 21 nitrogen and oxygen atoms in total. The van der Waals surface area contributed by atoms with Crippen LogP contribution < -0.4 is 30.9 Å². The first-order valence-corrected chi connectivity index (χ1v) is 27.0.